The van der Waals surface area contributed by atoms with Gasteiger partial charge in [0, 0.05) is 18.8 Å². The van der Waals surface area contributed by atoms with Gasteiger partial charge in [-0.05, 0) is 79.8 Å². The average molecular weight is 552 g/mol. The summed E-state index contributed by atoms with van der Waals surface area (Å²) in [6, 6.07) is 20.7. The van der Waals surface area contributed by atoms with E-state index in [2.05, 4.69) is 29.3 Å². The molecule has 3 aromatic rings. The van der Waals surface area contributed by atoms with Crippen molar-refractivity contribution in [3.8, 4) is 11.5 Å². The molecule has 0 radical (unpaired) electrons. The molecule has 1 atom stereocenters. The molecule has 0 spiro atoms. The first-order valence-electron chi connectivity index (χ1n) is 13.2. The molecule has 1 saturated heterocycles. The molecule has 1 fully saturated rings. The van der Waals surface area contributed by atoms with E-state index in [4.69, 9.17) is 9.47 Å². The Kier molecular flexibility index (Phi) is 9.01. The molecule has 0 aliphatic carbocycles. The zero-order valence-electron chi connectivity index (χ0n) is 23.0. The summed E-state index contributed by atoms with van der Waals surface area (Å²) >= 11 is 0. The highest BCUT2D eigenvalue weighted by molar-refractivity contribution is 7.92. The zero-order valence-corrected chi connectivity index (χ0v) is 23.8. The minimum atomic E-state index is -4.10. The minimum Gasteiger partial charge on any atom is -0.497 e. The Hall–Kier alpha value is -3.72. The van der Waals surface area contributed by atoms with Gasteiger partial charge in [-0.25, -0.2) is 8.42 Å². The lowest BCUT2D eigenvalue weighted by Crippen LogP contribution is -2.41. The third kappa shape index (κ3) is 6.65. The van der Waals surface area contributed by atoms with Crippen molar-refractivity contribution in [3.05, 3.63) is 78.4 Å². The van der Waals surface area contributed by atoms with Crippen LogP contribution >= 0.6 is 0 Å². The molecule has 1 aliphatic heterocycles. The molecule has 8 nitrogen and oxygen atoms in total. The van der Waals surface area contributed by atoms with E-state index in [1.165, 1.54) is 44.9 Å². The Morgan fingerprint density at radius 3 is 2.23 bits per heavy atom. The third-order valence-corrected chi connectivity index (χ3v) is 8.98. The fraction of sp³-hybridized carbons (Fsp3) is 0.367. The molecule has 1 heterocycles. The van der Waals surface area contributed by atoms with Crippen molar-refractivity contribution in [2.75, 3.05) is 43.1 Å². The largest absolute Gasteiger partial charge is 0.497 e. The number of carbonyl (C=O) groups is 1. The highest BCUT2D eigenvalue weighted by Gasteiger charge is 2.30. The lowest BCUT2D eigenvalue weighted by atomic mass is 9.98. The van der Waals surface area contributed by atoms with Crippen LogP contribution in [0.4, 0.5) is 11.4 Å². The predicted molar refractivity (Wildman–Crippen MR) is 154 cm³/mol. The van der Waals surface area contributed by atoms with Gasteiger partial charge in [-0.2, -0.15) is 0 Å². The van der Waals surface area contributed by atoms with Crippen LogP contribution in [0.15, 0.2) is 77.7 Å². The topological polar surface area (TPSA) is 88.2 Å². The Morgan fingerprint density at radius 1 is 0.974 bits per heavy atom. The molecule has 1 aliphatic rings. The summed E-state index contributed by atoms with van der Waals surface area (Å²) in [5, 5.41) is 2.96. The number of benzene rings is 3. The number of piperidine rings is 1. The van der Waals surface area contributed by atoms with Crippen molar-refractivity contribution in [3.63, 3.8) is 0 Å². The fourth-order valence-electron chi connectivity index (χ4n) is 4.75. The summed E-state index contributed by atoms with van der Waals surface area (Å²) in [6.07, 6.45) is 2.38. The summed E-state index contributed by atoms with van der Waals surface area (Å²) in [5.74, 6) is 1.21. The molecule has 4 rings (SSSR count). The van der Waals surface area contributed by atoms with Gasteiger partial charge in [0.25, 0.3) is 10.0 Å². The summed E-state index contributed by atoms with van der Waals surface area (Å²) in [7, 11) is -1.12. The summed E-state index contributed by atoms with van der Waals surface area (Å²) in [6.45, 7) is 5.87. The van der Waals surface area contributed by atoms with Crippen LogP contribution in [0.3, 0.4) is 0 Å². The van der Waals surface area contributed by atoms with Crippen molar-refractivity contribution in [1.29, 1.82) is 0 Å². The second-order valence-electron chi connectivity index (χ2n) is 9.91. The van der Waals surface area contributed by atoms with Crippen LogP contribution in [0.2, 0.25) is 0 Å². The van der Waals surface area contributed by atoms with Crippen LogP contribution in [0.25, 0.3) is 0 Å². The first-order valence-corrected chi connectivity index (χ1v) is 14.6. The lowest BCUT2D eigenvalue weighted by Gasteiger charge is -2.32. The number of sulfonamides is 1. The molecule has 208 valence electrons. The molecular weight excluding hydrogens is 514 g/mol. The predicted octanol–water partition coefficient (Wildman–Crippen LogP) is 5.01. The van der Waals surface area contributed by atoms with Crippen LogP contribution in [0.1, 0.15) is 38.3 Å². The number of nitrogens with zero attached hydrogens (tertiary/aromatic N) is 2. The number of methoxy groups -OCH3 is 2. The number of anilines is 2. The summed E-state index contributed by atoms with van der Waals surface area (Å²) in [4.78, 5) is 15.7. The number of carbonyl (C=O) groups excluding carboxylic acids is 1. The summed E-state index contributed by atoms with van der Waals surface area (Å²) < 4.78 is 39.2. The van der Waals surface area contributed by atoms with Crippen molar-refractivity contribution in [2.24, 2.45) is 5.92 Å². The Labute approximate surface area is 231 Å². The monoisotopic (exact) mass is 551 g/mol. The number of nitrogens with one attached hydrogen (secondary N) is 1. The molecule has 1 amide bonds. The highest BCUT2D eigenvalue weighted by atomic mass is 32.2. The van der Waals surface area contributed by atoms with Crippen LogP contribution in [-0.4, -0.2) is 48.2 Å². The van der Waals surface area contributed by atoms with Gasteiger partial charge >= 0.3 is 0 Å². The molecule has 0 saturated carbocycles. The van der Waals surface area contributed by atoms with E-state index in [1.54, 1.807) is 36.4 Å². The van der Waals surface area contributed by atoms with Gasteiger partial charge in [0.2, 0.25) is 5.91 Å². The van der Waals surface area contributed by atoms with Crippen LogP contribution in [0.5, 0.6) is 11.5 Å². The Bertz CT molecular complexity index is 1350. The molecular formula is C30H37N3O5S. The SMILES string of the molecule is COc1ccc(S(=O)(=O)N(CC(=O)NC(C)c2ccc(N3CCC(C)CC3)cc2)c2ccccc2OC)cc1. The smallest absolute Gasteiger partial charge is 0.264 e. The molecule has 0 bridgehead atoms. The Morgan fingerprint density at radius 2 is 1.62 bits per heavy atom. The molecule has 0 aromatic heterocycles. The van der Waals surface area contributed by atoms with E-state index >= 15 is 0 Å². The average Bonchev–Trinajstić information content (AvgIpc) is 2.96. The lowest BCUT2D eigenvalue weighted by molar-refractivity contribution is -0.120. The maximum Gasteiger partial charge on any atom is 0.264 e. The summed E-state index contributed by atoms with van der Waals surface area (Å²) in [5.41, 5.74) is 2.40. The standard InChI is InChI=1S/C30H37N3O5S/c1-22-17-19-32(20-18-22)25-11-9-24(10-12-25)23(2)31-30(34)21-33(28-7-5-6-8-29(28)38-4)39(35,36)27-15-13-26(37-3)14-16-27/h5-16,22-23H,17-21H2,1-4H3,(H,31,34). The van der Waals surface area contributed by atoms with Crippen molar-refractivity contribution < 1.29 is 22.7 Å². The van der Waals surface area contributed by atoms with Gasteiger partial charge in [-0.3, -0.25) is 9.10 Å². The van der Waals surface area contributed by atoms with Gasteiger partial charge in [0.15, 0.2) is 0 Å². The van der Waals surface area contributed by atoms with Crippen molar-refractivity contribution in [2.45, 2.75) is 37.6 Å². The minimum absolute atomic E-state index is 0.0396. The number of ether oxygens (including phenoxy) is 2. The van der Waals surface area contributed by atoms with Crippen molar-refractivity contribution >= 4 is 27.3 Å². The van der Waals surface area contributed by atoms with Crippen LogP contribution < -0.4 is 24.0 Å². The molecule has 1 unspecified atom stereocenters. The van der Waals surface area contributed by atoms with Crippen LogP contribution in [0, 0.1) is 5.92 Å². The second-order valence-corrected chi connectivity index (χ2v) is 11.8. The second kappa shape index (κ2) is 12.4. The number of amides is 1. The van der Waals surface area contributed by atoms with Gasteiger partial charge in [0.05, 0.1) is 30.8 Å². The molecule has 39 heavy (non-hydrogen) atoms. The van der Waals surface area contributed by atoms with Gasteiger partial charge in [-0.1, -0.05) is 31.2 Å². The number of hydrogen-bond acceptors (Lipinski definition) is 6. The van der Waals surface area contributed by atoms with E-state index in [9.17, 15) is 13.2 Å². The Balaban J connectivity index is 1.52. The fourth-order valence-corrected chi connectivity index (χ4v) is 6.18. The van der Waals surface area contributed by atoms with E-state index in [0.29, 0.717) is 11.5 Å². The maximum absolute atomic E-state index is 13.7. The third-order valence-electron chi connectivity index (χ3n) is 7.21. The van der Waals surface area contributed by atoms with E-state index in [1.807, 2.05) is 19.1 Å². The molecule has 1 N–H and O–H groups in total. The van der Waals surface area contributed by atoms with E-state index < -0.39 is 22.5 Å². The number of para-hydroxylation sites is 2. The molecule has 3 aromatic carbocycles. The van der Waals surface area contributed by atoms with Gasteiger partial charge in [-0.15, -0.1) is 0 Å². The van der Waals surface area contributed by atoms with Gasteiger partial charge in [0.1, 0.15) is 18.0 Å². The highest BCUT2D eigenvalue weighted by Crippen LogP contribution is 2.33. The van der Waals surface area contributed by atoms with Crippen LogP contribution in [-0.2, 0) is 14.8 Å². The van der Waals surface area contributed by atoms with E-state index in [0.717, 1.165) is 28.9 Å². The zero-order chi connectivity index (χ0) is 28.0. The van der Waals surface area contributed by atoms with E-state index in [-0.39, 0.29) is 16.6 Å². The first-order chi connectivity index (χ1) is 18.7. The maximum atomic E-state index is 13.7. The normalized spacial score (nSPS) is 14.9. The van der Waals surface area contributed by atoms with Crippen molar-refractivity contribution in [1.82, 2.24) is 5.32 Å². The molecule has 9 heteroatoms. The quantitative estimate of drug-likeness (QED) is 0.381. The number of rotatable bonds is 10. The van der Waals surface area contributed by atoms with Gasteiger partial charge < -0.3 is 19.7 Å². The number of hydrogen-bond donors (Lipinski definition) is 1. The first kappa shape index (κ1) is 28.3.